The summed E-state index contributed by atoms with van der Waals surface area (Å²) in [6.45, 7) is 2.12. The number of aromatic nitrogens is 1. The third-order valence-corrected chi connectivity index (χ3v) is 2.12. The highest BCUT2D eigenvalue weighted by Gasteiger charge is 2.17. The maximum Gasteiger partial charge on any atom is 0.291 e. The van der Waals surface area contributed by atoms with Crippen LogP contribution in [-0.4, -0.2) is 29.7 Å². The van der Waals surface area contributed by atoms with Gasteiger partial charge < -0.3 is 10.5 Å². The van der Waals surface area contributed by atoms with Crippen LogP contribution in [0.15, 0.2) is 12.3 Å². The topological polar surface area (TPSA) is 91.3 Å². The standard InChI is InChI=1S/C10H15N3O3/c1-7-3-10(13(14)15)9(12-5-7)4-8(11)6-16-2/h3,5,8H,4,6,11H2,1-2H3. The minimum Gasteiger partial charge on any atom is -0.383 e. The number of pyridine rings is 1. The maximum absolute atomic E-state index is 10.8. The van der Waals surface area contributed by atoms with E-state index in [0.29, 0.717) is 18.7 Å². The molecule has 1 rings (SSSR count). The molecule has 88 valence electrons. The number of aryl methyl sites for hydroxylation is 1. The molecule has 0 aliphatic rings. The van der Waals surface area contributed by atoms with Gasteiger partial charge in [-0.3, -0.25) is 15.1 Å². The van der Waals surface area contributed by atoms with E-state index in [-0.39, 0.29) is 11.7 Å². The molecule has 0 saturated heterocycles. The second kappa shape index (κ2) is 5.53. The van der Waals surface area contributed by atoms with Gasteiger partial charge in [0.25, 0.3) is 5.69 Å². The zero-order chi connectivity index (χ0) is 12.1. The minimum atomic E-state index is -0.436. The highest BCUT2D eigenvalue weighted by molar-refractivity contribution is 5.38. The molecule has 0 aromatic carbocycles. The first-order valence-corrected chi connectivity index (χ1v) is 4.89. The summed E-state index contributed by atoms with van der Waals surface area (Å²) in [5.74, 6) is 0. The van der Waals surface area contributed by atoms with Crippen molar-refractivity contribution in [3.05, 3.63) is 33.6 Å². The molecule has 0 saturated carbocycles. The highest BCUT2D eigenvalue weighted by Crippen LogP contribution is 2.18. The predicted octanol–water partition coefficient (Wildman–Crippen LogP) is 0.814. The molecule has 1 aromatic rings. The molecule has 0 bridgehead atoms. The van der Waals surface area contributed by atoms with Gasteiger partial charge in [0.15, 0.2) is 0 Å². The van der Waals surface area contributed by atoms with Crippen molar-refractivity contribution in [3.8, 4) is 0 Å². The van der Waals surface area contributed by atoms with Crippen molar-refractivity contribution in [2.75, 3.05) is 13.7 Å². The molecule has 1 heterocycles. The Labute approximate surface area is 93.6 Å². The molecule has 1 atom stereocenters. The Hall–Kier alpha value is -1.53. The fraction of sp³-hybridized carbons (Fsp3) is 0.500. The molecule has 0 amide bonds. The van der Waals surface area contributed by atoms with Crippen molar-refractivity contribution in [1.29, 1.82) is 0 Å². The Balaban J connectivity index is 2.90. The number of hydrogen-bond donors (Lipinski definition) is 1. The molecule has 1 aromatic heterocycles. The molecular weight excluding hydrogens is 210 g/mol. The summed E-state index contributed by atoms with van der Waals surface area (Å²) in [6.07, 6.45) is 1.94. The molecule has 0 fully saturated rings. The Bertz CT molecular complexity index is 382. The Morgan fingerprint density at radius 2 is 2.38 bits per heavy atom. The van der Waals surface area contributed by atoms with E-state index in [2.05, 4.69) is 4.98 Å². The Morgan fingerprint density at radius 1 is 1.69 bits per heavy atom. The third-order valence-electron chi connectivity index (χ3n) is 2.12. The second-order valence-electron chi connectivity index (χ2n) is 3.66. The highest BCUT2D eigenvalue weighted by atomic mass is 16.6. The summed E-state index contributed by atoms with van der Waals surface area (Å²) in [7, 11) is 1.54. The lowest BCUT2D eigenvalue weighted by Gasteiger charge is -2.09. The summed E-state index contributed by atoms with van der Waals surface area (Å²) in [6, 6.07) is 1.22. The van der Waals surface area contributed by atoms with Gasteiger partial charge >= 0.3 is 0 Å². The number of rotatable bonds is 5. The lowest BCUT2D eigenvalue weighted by atomic mass is 10.1. The van der Waals surface area contributed by atoms with Crippen molar-refractivity contribution >= 4 is 5.69 Å². The van der Waals surface area contributed by atoms with E-state index in [1.807, 2.05) is 0 Å². The molecular formula is C10H15N3O3. The zero-order valence-electron chi connectivity index (χ0n) is 9.34. The van der Waals surface area contributed by atoms with Crippen LogP contribution in [0, 0.1) is 17.0 Å². The van der Waals surface area contributed by atoms with Crippen molar-refractivity contribution < 1.29 is 9.66 Å². The van der Waals surface area contributed by atoms with E-state index < -0.39 is 4.92 Å². The summed E-state index contributed by atoms with van der Waals surface area (Å²) in [4.78, 5) is 14.4. The Morgan fingerprint density at radius 3 is 2.94 bits per heavy atom. The molecule has 6 nitrogen and oxygen atoms in total. The van der Waals surface area contributed by atoms with Gasteiger partial charge in [-0.15, -0.1) is 0 Å². The first kappa shape index (κ1) is 12.5. The largest absolute Gasteiger partial charge is 0.383 e. The van der Waals surface area contributed by atoms with E-state index in [9.17, 15) is 10.1 Å². The second-order valence-corrected chi connectivity index (χ2v) is 3.66. The van der Waals surface area contributed by atoms with Gasteiger partial charge in [0.05, 0.1) is 11.5 Å². The summed E-state index contributed by atoms with van der Waals surface area (Å²) >= 11 is 0. The number of nitrogens with two attached hydrogens (primary N) is 1. The first-order valence-electron chi connectivity index (χ1n) is 4.89. The van der Waals surface area contributed by atoms with Gasteiger partial charge in [-0.05, 0) is 12.5 Å². The van der Waals surface area contributed by atoms with Crippen LogP contribution < -0.4 is 5.73 Å². The SMILES string of the molecule is COCC(N)Cc1ncc(C)cc1[N+](=O)[O-]. The van der Waals surface area contributed by atoms with Crippen LogP contribution in [0.3, 0.4) is 0 Å². The lowest BCUT2D eigenvalue weighted by Crippen LogP contribution is -2.28. The minimum absolute atomic E-state index is 0.0200. The molecule has 0 aliphatic heterocycles. The molecule has 0 radical (unpaired) electrons. The van der Waals surface area contributed by atoms with Crippen LogP contribution in [0.2, 0.25) is 0 Å². The van der Waals surface area contributed by atoms with Crippen molar-refractivity contribution in [2.45, 2.75) is 19.4 Å². The van der Waals surface area contributed by atoms with Gasteiger partial charge in [-0.2, -0.15) is 0 Å². The van der Waals surface area contributed by atoms with E-state index in [4.69, 9.17) is 10.5 Å². The van der Waals surface area contributed by atoms with Crippen LogP contribution >= 0.6 is 0 Å². The molecule has 2 N–H and O–H groups in total. The fourth-order valence-corrected chi connectivity index (χ4v) is 1.42. The number of nitrogens with zero attached hydrogens (tertiary/aromatic N) is 2. The average Bonchev–Trinajstić information content (AvgIpc) is 2.20. The summed E-state index contributed by atoms with van der Waals surface area (Å²) < 4.78 is 4.88. The Kier molecular flexibility index (Phi) is 4.33. The van der Waals surface area contributed by atoms with E-state index in [1.54, 1.807) is 13.1 Å². The maximum atomic E-state index is 10.8. The van der Waals surface area contributed by atoms with Crippen LogP contribution in [-0.2, 0) is 11.2 Å². The van der Waals surface area contributed by atoms with E-state index in [0.717, 1.165) is 5.56 Å². The van der Waals surface area contributed by atoms with E-state index in [1.165, 1.54) is 13.2 Å². The number of nitro groups is 1. The van der Waals surface area contributed by atoms with Crippen LogP contribution in [0.25, 0.3) is 0 Å². The van der Waals surface area contributed by atoms with Gasteiger partial charge in [0, 0.05) is 31.8 Å². The summed E-state index contributed by atoms with van der Waals surface area (Å²) in [5, 5.41) is 10.8. The molecule has 1 unspecified atom stereocenters. The number of methoxy groups -OCH3 is 1. The van der Waals surface area contributed by atoms with Gasteiger partial charge in [-0.25, -0.2) is 0 Å². The third kappa shape index (κ3) is 3.25. The average molecular weight is 225 g/mol. The fourth-order valence-electron chi connectivity index (χ4n) is 1.42. The van der Waals surface area contributed by atoms with Gasteiger partial charge in [0.2, 0.25) is 0 Å². The normalized spacial score (nSPS) is 12.4. The van der Waals surface area contributed by atoms with E-state index >= 15 is 0 Å². The quantitative estimate of drug-likeness (QED) is 0.591. The van der Waals surface area contributed by atoms with Crippen LogP contribution in [0.4, 0.5) is 5.69 Å². The monoisotopic (exact) mass is 225 g/mol. The van der Waals surface area contributed by atoms with Crippen molar-refractivity contribution in [3.63, 3.8) is 0 Å². The van der Waals surface area contributed by atoms with Gasteiger partial charge in [0.1, 0.15) is 5.69 Å². The van der Waals surface area contributed by atoms with Gasteiger partial charge in [-0.1, -0.05) is 0 Å². The molecule has 16 heavy (non-hydrogen) atoms. The number of ether oxygens (including phenoxy) is 1. The molecule has 0 aliphatic carbocycles. The first-order chi connectivity index (χ1) is 7.54. The van der Waals surface area contributed by atoms with Crippen molar-refractivity contribution in [2.24, 2.45) is 5.73 Å². The predicted molar refractivity (Wildman–Crippen MR) is 59.2 cm³/mol. The lowest BCUT2D eigenvalue weighted by molar-refractivity contribution is -0.386. The molecule has 6 heteroatoms. The van der Waals surface area contributed by atoms with Crippen LogP contribution in [0.1, 0.15) is 11.3 Å². The number of hydrogen-bond acceptors (Lipinski definition) is 5. The smallest absolute Gasteiger partial charge is 0.291 e. The van der Waals surface area contributed by atoms with Crippen LogP contribution in [0.5, 0.6) is 0 Å². The van der Waals surface area contributed by atoms with Crippen molar-refractivity contribution in [1.82, 2.24) is 4.98 Å². The molecule has 0 spiro atoms. The zero-order valence-corrected chi connectivity index (χ0v) is 9.34. The summed E-state index contributed by atoms with van der Waals surface area (Å²) in [5.41, 5.74) is 6.92.